The second-order valence-corrected chi connectivity index (χ2v) is 5.41. The number of alkyl halides is 6. The predicted molar refractivity (Wildman–Crippen MR) is 74.4 cm³/mol. The third-order valence-corrected chi connectivity index (χ3v) is 3.52. The Morgan fingerprint density at radius 1 is 1.08 bits per heavy atom. The van der Waals surface area contributed by atoms with Gasteiger partial charge in [-0.3, -0.25) is 0 Å². The summed E-state index contributed by atoms with van der Waals surface area (Å²) >= 11 is 0. The maximum atomic E-state index is 14.2. The SMILES string of the molecule is COC(F)(C(F)(F)F)C(F)(F)c1cc(C)c(OC(C)C(=O)O)c(C)c1. The molecule has 0 radical (unpaired) electrons. The smallest absolute Gasteiger partial charge is 0.455 e. The van der Waals surface area contributed by atoms with E-state index in [4.69, 9.17) is 9.84 Å². The minimum atomic E-state index is -5.99. The van der Waals surface area contributed by atoms with E-state index in [0.29, 0.717) is 12.1 Å². The normalized spacial score (nSPS) is 16.2. The Balaban J connectivity index is 3.42. The van der Waals surface area contributed by atoms with Gasteiger partial charge < -0.3 is 14.6 Å². The average Bonchev–Trinajstić information content (AvgIpc) is 2.47. The number of benzene rings is 1. The van der Waals surface area contributed by atoms with Gasteiger partial charge in [-0.2, -0.15) is 26.3 Å². The van der Waals surface area contributed by atoms with Gasteiger partial charge in [0.05, 0.1) is 0 Å². The van der Waals surface area contributed by atoms with Crippen LogP contribution in [0.2, 0.25) is 0 Å². The van der Waals surface area contributed by atoms with Crippen LogP contribution in [0.1, 0.15) is 23.6 Å². The van der Waals surface area contributed by atoms with Crippen molar-refractivity contribution in [2.45, 2.75) is 44.8 Å². The van der Waals surface area contributed by atoms with Crippen LogP contribution in [0.4, 0.5) is 26.3 Å². The lowest BCUT2D eigenvalue weighted by Gasteiger charge is -2.34. The zero-order chi connectivity index (χ0) is 19.8. The van der Waals surface area contributed by atoms with E-state index in [0.717, 1.165) is 0 Å². The third-order valence-electron chi connectivity index (χ3n) is 3.52. The maximum absolute atomic E-state index is 14.2. The number of rotatable bonds is 6. The molecule has 0 bridgehead atoms. The molecule has 0 heterocycles. The predicted octanol–water partition coefficient (Wildman–Crippen LogP) is 4.12. The molecule has 1 N–H and O–H groups in total. The number of aliphatic carboxylic acids is 1. The summed E-state index contributed by atoms with van der Waals surface area (Å²) < 4.78 is 89.3. The number of hydrogen-bond donors (Lipinski definition) is 1. The number of aryl methyl sites for hydroxylation is 2. The topological polar surface area (TPSA) is 55.8 Å². The first-order valence-electron chi connectivity index (χ1n) is 6.88. The van der Waals surface area contributed by atoms with Crippen LogP contribution in [-0.2, 0) is 15.5 Å². The molecule has 2 atom stereocenters. The van der Waals surface area contributed by atoms with E-state index in [1.807, 2.05) is 0 Å². The summed E-state index contributed by atoms with van der Waals surface area (Å²) in [5.41, 5.74) is -1.44. The molecular formula is C15H16F6O4. The van der Waals surface area contributed by atoms with Crippen LogP contribution < -0.4 is 4.74 Å². The van der Waals surface area contributed by atoms with Crippen molar-refractivity contribution in [1.82, 2.24) is 0 Å². The number of hydrogen-bond acceptors (Lipinski definition) is 3. The fourth-order valence-electron chi connectivity index (χ4n) is 2.15. The van der Waals surface area contributed by atoms with Crippen molar-refractivity contribution < 1.29 is 45.7 Å². The van der Waals surface area contributed by atoms with Gasteiger partial charge in [-0.15, -0.1) is 0 Å². The summed E-state index contributed by atoms with van der Waals surface area (Å²) in [5, 5.41) is 8.80. The first kappa shape index (κ1) is 21.1. The second kappa shape index (κ2) is 6.74. The highest BCUT2D eigenvalue weighted by atomic mass is 19.4. The summed E-state index contributed by atoms with van der Waals surface area (Å²) in [5.74, 6) is -11.7. The Labute approximate surface area is 139 Å². The Kier molecular flexibility index (Phi) is 5.68. The number of carboxylic acid groups (broad SMARTS) is 1. The van der Waals surface area contributed by atoms with Gasteiger partial charge in [-0.05, 0) is 44.0 Å². The molecule has 25 heavy (non-hydrogen) atoms. The van der Waals surface area contributed by atoms with Gasteiger partial charge in [0.25, 0.3) is 0 Å². The highest BCUT2D eigenvalue weighted by Gasteiger charge is 2.73. The Morgan fingerprint density at radius 3 is 1.84 bits per heavy atom. The van der Waals surface area contributed by atoms with Crippen LogP contribution in [-0.4, -0.2) is 36.3 Å². The molecule has 4 nitrogen and oxygen atoms in total. The van der Waals surface area contributed by atoms with E-state index in [1.165, 1.54) is 20.8 Å². The van der Waals surface area contributed by atoms with Crippen LogP contribution in [0.15, 0.2) is 12.1 Å². The largest absolute Gasteiger partial charge is 0.479 e. The monoisotopic (exact) mass is 374 g/mol. The van der Waals surface area contributed by atoms with E-state index >= 15 is 0 Å². The molecular weight excluding hydrogens is 358 g/mol. The van der Waals surface area contributed by atoms with E-state index in [-0.39, 0.29) is 24.0 Å². The summed E-state index contributed by atoms with van der Waals surface area (Å²) in [6.07, 6.45) is -7.31. The van der Waals surface area contributed by atoms with Crippen molar-refractivity contribution >= 4 is 5.97 Å². The molecule has 0 aliphatic rings. The minimum Gasteiger partial charge on any atom is -0.479 e. The standard InChI is InChI=1S/C15H16F6O4/c1-7-5-10(6-8(2)11(7)25-9(3)12(22)23)13(16,17)14(18,24-4)15(19,20)21/h5-6,9H,1-4H3,(H,22,23). The molecule has 0 aliphatic heterocycles. The van der Waals surface area contributed by atoms with Crippen molar-refractivity contribution in [3.63, 3.8) is 0 Å². The van der Waals surface area contributed by atoms with Crippen molar-refractivity contribution in [1.29, 1.82) is 0 Å². The molecule has 0 aliphatic carbocycles. The number of carbonyl (C=O) groups is 1. The number of ether oxygens (including phenoxy) is 2. The van der Waals surface area contributed by atoms with Gasteiger partial charge in [0.15, 0.2) is 6.10 Å². The molecule has 2 unspecified atom stereocenters. The summed E-state index contributed by atoms with van der Waals surface area (Å²) in [4.78, 5) is 10.8. The third kappa shape index (κ3) is 3.68. The maximum Gasteiger partial charge on any atom is 0.455 e. The lowest BCUT2D eigenvalue weighted by molar-refractivity contribution is -0.398. The van der Waals surface area contributed by atoms with Crippen molar-refractivity contribution in [2.24, 2.45) is 0 Å². The molecule has 0 saturated heterocycles. The first-order chi connectivity index (χ1) is 11.2. The Morgan fingerprint density at radius 2 is 1.52 bits per heavy atom. The van der Waals surface area contributed by atoms with Crippen LogP contribution in [0, 0.1) is 13.8 Å². The molecule has 10 heteroatoms. The Hall–Kier alpha value is -1.97. The Bertz CT molecular complexity index is 635. The van der Waals surface area contributed by atoms with E-state index in [9.17, 15) is 31.1 Å². The number of methoxy groups -OCH3 is 1. The van der Waals surface area contributed by atoms with Gasteiger partial charge >= 0.3 is 23.9 Å². The van der Waals surface area contributed by atoms with E-state index in [1.54, 1.807) is 0 Å². The first-order valence-corrected chi connectivity index (χ1v) is 6.88. The molecule has 0 saturated carbocycles. The molecule has 0 spiro atoms. The quantitative estimate of drug-likeness (QED) is 0.761. The van der Waals surface area contributed by atoms with Crippen LogP contribution >= 0.6 is 0 Å². The molecule has 142 valence electrons. The second-order valence-electron chi connectivity index (χ2n) is 5.41. The van der Waals surface area contributed by atoms with Gasteiger partial charge in [-0.25, -0.2) is 4.79 Å². The van der Waals surface area contributed by atoms with Crippen molar-refractivity contribution in [3.05, 3.63) is 28.8 Å². The lowest BCUT2D eigenvalue weighted by atomic mass is 9.96. The molecule has 0 fully saturated rings. The summed E-state index contributed by atoms with van der Waals surface area (Å²) in [7, 11) is 0.188. The summed E-state index contributed by atoms with van der Waals surface area (Å²) in [6, 6.07) is 1.19. The van der Waals surface area contributed by atoms with Gasteiger partial charge in [-0.1, -0.05) is 0 Å². The number of carboxylic acids is 1. The van der Waals surface area contributed by atoms with Gasteiger partial charge in [0.1, 0.15) is 5.75 Å². The van der Waals surface area contributed by atoms with E-state index in [2.05, 4.69) is 4.74 Å². The zero-order valence-corrected chi connectivity index (χ0v) is 13.7. The number of halogens is 6. The van der Waals surface area contributed by atoms with E-state index < -0.39 is 35.6 Å². The molecule has 1 aromatic rings. The molecule has 0 amide bonds. The highest BCUT2D eigenvalue weighted by molar-refractivity contribution is 5.72. The van der Waals surface area contributed by atoms with Crippen molar-refractivity contribution in [2.75, 3.05) is 7.11 Å². The van der Waals surface area contributed by atoms with Crippen LogP contribution in [0.3, 0.4) is 0 Å². The van der Waals surface area contributed by atoms with Crippen LogP contribution in [0.25, 0.3) is 0 Å². The van der Waals surface area contributed by atoms with Crippen LogP contribution in [0.5, 0.6) is 5.75 Å². The summed E-state index contributed by atoms with van der Waals surface area (Å²) in [6.45, 7) is 3.62. The zero-order valence-electron chi connectivity index (χ0n) is 13.7. The molecule has 1 aromatic carbocycles. The fourth-order valence-corrected chi connectivity index (χ4v) is 2.15. The fraction of sp³-hybridized carbons (Fsp3) is 0.533. The lowest BCUT2D eigenvalue weighted by Crippen LogP contribution is -2.55. The minimum absolute atomic E-state index is 0.0802. The molecule has 0 aromatic heterocycles. The van der Waals surface area contributed by atoms with Crippen molar-refractivity contribution in [3.8, 4) is 5.75 Å². The molecule has 1 rings (SSSR count). The highest BCUT2D eigenvalue weighted by Crippen LogP contribution is 2.51. The average molecular weight is 374 g/mol. The van der Waals surface area contributed by atoms with Gasteiger partial charge in [0, 0.05) is 12.7 Å². The van der Waals surface area contributed by atoms with Gasteiger partial charge in [0.2, 0.25) is 0 Å².